The SMILES string of the molecule is Cc1ccc(-n2c(=O)c3ccc(C(=O)NCc4ccco4)cc3n(CC(=O)Nc3cc(C)[nH]n3)c2=O)cc1. The predicted octanol–water partition coefficient (Wildman–Crippen LogP) is 2.65. The molecule has 0 spiro atoms. The fourth-order valence-corrected chi connectivity index (χ4v) is 4.07. The van der Waals surface area contributed by atoms with Crippen molar-refractivity contribution < 1.29 is 14.0 Å². The number of fused-ring (bicyclic) bond motifs is 1. The van der Waals surface area contributed by atoms with E-state index in [4.69, 9.17) is 4.42 Å². The highest BCUT2D eigenvalue weighted by atomic mass is 16.3. The number of carbonyl (C=O) groups is 2. The van der Waals surface area contributed by atoms with Gasteiger partial charge in [0.25, 0.3) is 11.5 Å². The van der Waals surface area contributed by atoms with E-state index in [1.165, 1.54) is 29.0 Å². The Kier molecular flexibility index (Phi) is 6.48. The first kappa shape index (κ1) is 24.5. The summed E-state index contributed by atoms with van der Waals surface area (Å²) in [6.45, 7) is 3.43. The van der Waals surface area contributed by atoms with Gasteiger partial charge in [-0.2, -0.15) is 5.10 Å². The highest BCUT2D eigenvalue weighted by Crippen LogP contribution is 2.15. The van der Waals surface area contributed by atoms with Crippen LogP contribution >= 0.6 is 0 Å². The second-order valence-corrected chi connectivity index (χ2v) is 8.82. The average molecular weight is 513 g/mol. The minimum atomic E-state index is -0.715. The van der Waals surface area contributed by atoms with Gasteiger partial charge in [-0.05, 0) is 56.3 Å². The van der Waals surface area contributed by atoms with Gasteiger partial charge in [-0.15, -0.1) is 0 Å². The summed E-state index contributed by atoms with van der Waals surface area (Å²) in [6.07, 6.45) is 1.50. The monoisotopic (exact) mass is 512 g/mol. The molecule has 0 saturated carbocycles. The Morgan fingerprint density at radius 2 is 1.82 bits per heavy atom. The van der Waals surface area contributed by atoms with Gasteiger partial charge in [0.05, 0.1) is 29.4 Å². The number of hydrogen-bond acceptors (Lipinski definition) is 6. The summed E-state index contributed by atoms with van der Waals surface area (Å²) in [5, 5.41) is 12.3. The van der Waals surface area contributed by atoms with Gasteiger partial charge in [0.15, 0.2) is 5.82 Å². The molecule has 3 aromatic heterocycles. The van der Waals surface area contributed by atoms with Crippen LogP contribution in [0.25, 0.3) is 16.6 Å². The first-order valence-electron chi connectivity index (χ1n) is 11.8. The molecule has 2 amide bonds. The van der Waals surface area contributed by atoms with E-state index in [-0.39, 0.29) is 23.0 Å². The van der Waals surface area contributed by atoms with E-state index in [0.717, 1.165) is 15.8 Å². The molecule has 192 valence electrons. The molecule has 0 saturated heterocycles. The Bertz CT molecular complexity index is 1760. The van der Waals surface area contributed by atoms with Gasteiger partial charge in [-0.25, -0.2) is 9.36 Å². The molecule has 0 atom stereocenters. The van der Waals surface area contributed by atoms with E-state index in [1.54, 1.807) is 49.4 Å². The van der Waals surface area contributed by atoms with E-state index < -0.39 is 29.6 Å². The number of carbonyl (C=O) groups excluding carboxylic acids is 2. The highest BCUT2D eigenvalue weighted by molar-refractivity contribution is 5.98. The number of aromatic nitrogens is 4. The average Bonchev–Trinajstić information content (AvgIpc) is 3.57. The zero-order valence-corrected chi connectivity index (χ0v) is 20.6. The molecule has 11 heteroatoms. The Morgan fingerprint density at radius 1 is 1.03 bits per heavy atom. The van der Waals surface area contributed by atoms with Crippen LogP contribution in [0, 0.1) is 13.8 Å². The molecule has 0 aliphatic heterocycles. The second-order valence-electron chi connectivity index (χ2n) is 8.82. The minimum Gasteiger partial charge on any atom is -0.467 e. The third kappa shape index (κ3) is 4.89. The summed E-state index contributed by atoms with van der Waals surface area (Å²) in [4.78, 5) is 52.9. The van der Waals surface area contributed by atoms with Gasteiger partial charge in [-0.3, -0.25) is 24.0 Å². The van der Waals surface area contributed by atoms with Crippen molar-refractivity contribution in [3.05, 3.63) is 110 Å². The Balaban J connectivity index is 1.59. The van der Waals surface area contributed by atoms with E-state index in [1.807, 2.05) is 6.92 Å². The number of aryl methyl sites for hydroxylation is 2. The van der Waals surface area contributed by atoms with Crippen molar-refractivity contribution in [1.82, 2.24) is 24.6 Å². The zero-order valence-electron chi connectivity index (χ0n) is 20.6. The topological polar surface area (TPSA) is 144 Å². The number of furan rings is 1. The van der Waals surface area contributed by atoms with E-state index in [2.05, 4.69) is 20.8 Å². The molecule has 5 aromatic rings. The standard InChI is InChI=1S/C27H24N6O5/c1-16-5-8-19(9-6-16)33-26(36)21-10-7-18(25(35)28-14-20-4-3-11-38-20)13-22(21)32(27(33)37)15-24(34)29-23-12-17(2)30-31-23/h3-13H,14-15H2,1-2H3,(H,28,35)(H2,29,30,31,34). The fraction of sp³-hybridized carbons (Fsp3) is 0.148. The van der Waals surface area contributed by atoms with Gasteiger partial charge in [0.2, 0.25) is 5.91 Å². The van der Waals surface area contributed by atoms with Gasteiger partial charge in [0, 0.05) is 17.3 Å². The Morgan fingerprint density at radius 3 is 2.50 bits per heavy atom. The Hall–Kier alpha value is -5.19. The molecule has 38 heavy (non-hydrogen) atoms. The van der Waals surface area contributed by atoms with Crippen LogP contribution < -0.4 is 21.9 Å². The number of rotatable bonds is 7. The van der Waals surface area contributed by atoms with Crippen molar-refractivity contribution in [3.63, 3.8) is 0 Å². The van der Waals surface area contributed by atoms with E-state index >= 15 is 0 Å². The molecule has 0 aliphatic carbocycles. The summed E-state index contributed by atoms with van der Waals surface area (Å²) in [5.74, 6) is -0.0832. The van der Waals surface area contributed by atoms with Crippen LogP contribution in [0.3, 0.4) is 0 Å². The van der Waals surface area contributed by atoms with Crippen LogP contribution in [0.2, 0.25) is 0 Å². The van der Waals surface area contributed by atoms with E-state index in [9.17, 15) is 19.2 Å². The van der Waals surface area contributed by atoms with Gasteiger partial charge >= 0.3 is 5.69 Å². The van der Waals surface area contributed by atoms with Gasteiger partial charge in [0.1, 0.15) is 12.3 Å². The first-order chi connectivity index (χ1) is 18.3. The molecule has 2 aromatic carbocycles. The molecule has 5 rings (SSSR count). The molecule has 0 unspecified atom stereocenters. The number of H-pyrrole nitrogens is 1. The molecular weight excluding hydrogens is 488 g/mol. The number of aromatic amines is 1. The number of benzene rings is 2. The molecule has 11 nitrogen and oxygen atoms in total. The lowest BCUT2D eigenvalue weighted by Crippen LogP contribution is -2.41. The lowest BCUT2D eigenvalue weighted by Gasteiger charge is -2.15. The summed E-state index contributed by atoms with van der Waals surface area (Å²) in [5.41, 5.74) is 1.17. The second kappa shape index (κ2) is 10.1. The highest BCUT2D eigenvalue weighted by Gasteiger charge is 2.19. The Labute approximate surface area is 215 Å². The minimum absolute atomic E-state index is 0.155. The summed E-state index contributed by atoms with van der Waals surface area (Å²) >= 11 is 0. The van der Waals surface area contributed by atoms with Crippen LogP contribution in [-0.4, -0.2) is 31.1 Å². The normalized spacial score (nSPS) is 11.0. The number of nitrogens with one attached hydrogen (secondary N) is 3. The largest absolute Gasteiger partial charge is 0.467 e. The maximum Gasteiger partial charge on any atom is 0.336 e. The summed E-state index contributed by atoms with van der Waals surface area (Å²) < 4.78 is 7.43. The number of anilines is 1. The van der Waals surface area contributed by atoms with Crippen LogP contribution in [0.15, 0.2) is 80.9 Å². The fourth-order valence-electron chi connectivity index (χ4n) is 4.07. The maximum absolute atomic E-state index is 13.7. The molecule has 0 radical (unpaired) electrons. The third-order valence-corrected chi connectivity index (χ3v) is 5.98. The number of hydrogen-bond donors (Lipinski definition) is 3. The number of amides is 2. The predicted molar refractivity (Wildman–Crippen MR) is 140 cm³/mol. The van der Waals surface area contributed by atoms with Crippen LogP contribution in [0.1, 0.15) is 27.4 Å². The third-order valence-electron chi connectivity index (χ3n) is 5.98. The van der Waals surface area contributed by atoms with E-state index in [0.29, 0.717) is 17.3 Å². The van der Waals surface area contributed by atoms with Crippen molar-refractivity contribution in [2.75, 3.05) is 5.32 Å². The molecule has 0 bridgehead atoms. The molecule has 0 fully saturated rings. The van der Waals surface area contributed by atoms with Gasteiger partial charge < -0.3 is 15.1 Å². The van der Waals surface area contributed by atoms with Gasteiger partial charge in [-0.1, -0.05) is 17.7 Å². The van der Waals surface area contributed by atoms with Crippen molar-refractivity contribution in [2.45, 2.75) is 26.9 Å². The lowest BCUT2D eigenvalue weighted by atomic mass is 10.1. The van der Waals surface area contributed by atoms with Crippen molar-refractivity contribution in [3.8, 4) is 5.69 Å². The zero-order chi connectivity index (χ0) is 26.8. The van der Waals surface area contributed by atoms with Crippen molar-refractivity contribution >= 4 is 28.5 Å². The quantitative estimate of drug-likeness (QED) is 0.306. The van der Waals surface area contributed by atoms with Crippen molar-refractivity contribution in [1.29, 1.82) is 0 Å². The summed E-state index contributed by atoms with van der Waals surface area (Å²) in [7, 11) is 0. The molecule has 0 aliphatic rings. The molecule has 3 heterocycles. The van der Waals surface area contributed by atoms with Crippen LogP contribution in [-0.2, 0) is 17.9 Å². The molecular formula is C27H24N6O5. The lowest BCUT2D eigenvalue weighted by molar-refractivity contribution is -0.116. The maximum atomic E-state index is 13.7. The van der Waals surface area contributed by atoms with Crippen LogP contribution in [0.5, 0.6) is 0 Å². The molecule has 3 N–H and O–H groups in total. The van der Waals surface area contributed by atoms with Crippen LogP contribution in [0.4, 0.5) is 5.82 Å². The first-order valence-corrected chi connectivity index (χ1v) is 11.8. The smallest absolute Gasteiger partial charge is 0.336 e. The summed E-state index contributed by atoms with van der Waals surface area (Å²) in [6, 6.07) is 16.4. The van der Waals surface area contributed by atoms with Crippen molar-refractivity contribution in [2.24, 2.45) is 0 Å². The number of nitrogens with zero attached hydrogens (tertiary/aromatic N) is 3.